The first-order chi connectivity index (χ1) is 8.52. The number of nitrogens with zero attached hydrogens (tertiary/aromatic N) is 1. The van der Waals surface area contributed by atoms with Crippen LogP contribution in [0.1, 0.15) is 18.4 Å². The van der Waals surface area contributed by atoms with Gasteiger partial charge in [-0.15, -0.1) is 24.8 Å². The highest BCUT2D eigenvalue weighted by Gasteiger charge is 2.14. The van der Waals surface area contributed by atoms with Crippen LogP contribution in [0.3, 0.4) is 0 Å². The van der Waals surface area contributed by atoms with E-state index in [2.05, 4.69) is 4.98 Å². The molecule has 116 valence electrons. The van der Waals surface area contributed by atoms with Crippen molar-refractivity contribution >= 4 is 54.0 Å². The highest BCUT2D eigenvalue weighted by Crippen LogP contribution is 2.15. The lowest BCUT2D eigenvalue weighted by molar-refractivity contribution is -0.146. The number of pyridine rings is 1. The summed E-state index contributed by atoms with van der Waals surface area (Å²) >= 11 is 11.4. The zero-order valence-corrected chi connectivity index (χ0v) is 13.7. The number of aromatic nitrogens is 1. The Morgan fingerprint density at radius 1 is 1.30 bits per heavy atom. The molecule has 0 saturated carbocycles. The number of nitrogens with two attached hydrogens (primary N) is 2. The van der Waals surface area contributed by atoms with Gasteiger partial charge in [0.25, 0.3) is 0 Å². The second-order valence-corrected chi connectivity index (χ2v) is 4.54. The molecule has 0 spiro atoms. The molecule has 0 unspecified atom stereocenters. The molecule has 5 nitrogen and oxygen atoms in total. The van der Waals surface area contributed by atoms with Crippen molar-refractivity contribution in [3.63, 3.8) is 0 Å². The van der Waals surface area contributed by atoms with E-state index in [1.165, 1.54) is 0 Å². The van der Waals surface area contributed by atoms with Crippen LogP contribution in [0.5, 0.6) is 0 Å². The topological polar surface area (TPSA) is 91.2 Å². The summed E-state index contributed by atoms with van der Waals surface area (Å²) < 4.78 is 5.05. The van der Waals surface area contributed by atoms with Crippen LogP contribution in [-0.2, 0) is 16.1 Å². The fraction of sp³-hybridized carbons (Fsp3) is 0.455. The number of esters is 1. The van der Waals surface area contributed by atoms with E-state index >= 15 is 0 Å². The standard InChI is InChI=1S/C11H15Cl2N3O2.2ClH/c12-9-4-7(5-10(13)16-9)6-18-11(17)8(15)2-1-3-14;;/h4-5,8H,1-3,6,14-15H2;2*1H/t8-;;/m0../s1. The number of carbonyl (C=O) groups excluding carboxylic acids is 1. The SMILES string of the molecule is Cl.Cl.NCCC[C@H](N)C(=O)OCc1cc(Cl)nc(Cl)c1. The van der Waals surface area contributed by atoms with Gasteiger partial charge in [0.15, 0.2) is 0 Å². The van der Waals surface area contributed by atoms with E-state index in [4.69, 9.17) is 39.4 Å². The minimum atomic E-state index is -0.652. The molecule has 1 atom stereocenters. The first-order valence-electron chi connectivity index (χ1n) is 5.47. The Kier molecular flexibility index (Phi) is 12.5. The third-order valence-corrected chi connectivity index (χ3v) is 2.61. The van der Waals surface area contributed by atoms with Crippen LogP contribution < -0.4 is 11.5 Å². The van der Waals surface area contributed by atoms with Crippen LogP contribution >= 0.6 is 48.0 Å². The molecule has 1 rings (SSSR count). The molecule has 0 aliphatic heterocycles. The molecule has 1 aromatic heterocycles. The number of ether oxygens (including phenoxy) is 1. The van der Waals surface area contributed by atoms with Gasteiger partial charge in [0.2, 0.25) is 0 Å². The summed E-state index contributed by atoms with van der Waals surface area (Å²) in [5, 5.41) is 0.502. The van der Waals surface area contributed by atoms with Crippen molar-refractivity contribution in [1.29, 1.82) is 0 Å². The minimum absolute atomic E-state index is 0. The van der Waals surface area contributed by atoms with Crippen molar-refractivity contribution in [1.82, 2.24) is 4.98 Å². The largest absolute Gasteiger partial charge is 0.460 e. The zero-order chi connectivity index (χ0) is 13.5. The number of rotatable bonds is 6. The summed E-state index contributed by atoms with van der Waals surface area (Å²) in [6.45, 7) is 0.563. The molecule has 0 fully saturated rings. The molecule has 1 aromatic rings. The highest BCUT2D eigenvalue weighted by molar-refractivity contribution is 6.32. The van der Waals surface area contributed by atoms with E-state index in [-0.39, 0.29) is 41.7 Å². The smallest absolute Gasteiger partial charge is 0.323 e. The van der Waals surface area contributed by atoms with Gasteiger partial charge in [0.1, 0.15) is 23.0 Å². The highest BCUT2D eigenvalue weighted by atomic mass is 35.5. The van der Waals surface area contributed by atoms with E-state index in [9.17, 15) is 4.79 Å². The summed E-state index contributed by atoms with van der Waals surface area (Å²) in [4.78, 5) is 15.3. The Labute approximate surface area is 140 Å². The van der Waals surface area contributed by atoms with Gasteiger partial charge in [-0.1, -0.05) is 23.2 Å². The number of hydrogen-bond acceptors (Lipinski definition) is 5. The van der Waals surface area contributed by atoms with E-state index in [0.29, 0.717) is 24.9 Å². The lowest BCUT2D eigenvalue weighted by Gasteiger charge is -2.11. The number of halogens is 4. The van der Waals surface area contributed by atoms with E-state index in [0.717, 1.165) is 0 Å². The summed E-state index contributed by atoms with van der Waals surface area (Å²) in [5.74, 6) is -0.465. The van der Waals surface area contributed by atoms with Gasteiger partial charge in [-0.05, 0) is 37.1 Å². The third-order valence-electron chi connectivity index (χ3n) is 2.23. The van der Waals surface area contributed by atoms with Crippen molar-refractivity contribution in [3.8, 4) is 0 Å². The van der Waals surface area contributed by atoms with Crippen LogP contribution in [0.25, 0.3) is 0 Å². The average molecular weight is 365 g/mol. The molecule has 0 bridgehead atoms. The van der Waals surface area contributed by atoms with E-state index in [1.807, 2.05) is 0 Å². The lowest BCUT2D eigenvalue weighted by atomic mass is 10.2. The Morgan fingerprint density at radius 2 is 1.85 bits per heavy atom. The van der Waals surface area contributed by atoms with Gasteiger partial charge >= 0.3 is 5.97 Å². The molecular weight excluding hydrogens is 348 g/mol. The van der Waals surface area contributed by atoms with Crippen LogP contribution in [0.2, 0.25) is 10.3 Å². The van der Waals surface area contributed by atoms with Gasteiger partial charge in [-0.2, -0.15) is 0 Å². The van der Waals surface area contributed by atoms with E-state index < -0.39 is 12.0 Å². The quantitative estimate of drug-likeness (QED) is 0.597. The Bertz CT molecular complexity index is 400. The fourth-order valence-electron chi connectivity index (χ4n) is 1.31. The van der Waals surface area contributed by atoms with Crippen molar-refractivity contribution in [2.75, 3.05) is 6.54 Å². The molecule has 20 heavy (non-hydrogen) atoms. The van der Waals surface area contributed by atoms with Gasteiger partial charge in [-0.3, -0.25) is 4.79 Å². The first-order valence-corrected chi connectivity index (χ1v) is 6.22. The molecule has 0 aliphatic carbocycles. The Balaban J connectivity index is 0. The molecule has 0 saturated heterocycles. The maximum Gasteiger partial charge on any atom is 0.323 e. The normalized spacial score (nSPS) is 11.0. The molecule has 1 heterocycles. The van der Waals surface area contributed by atoms with Gasteiger partial charge < -0.3 is 16.2 Å². The first kappa shape index (κ1) is 22.0. The van der Waals surface area contributed by atoms with Crippen LogP contribution in [-0.4, -0.2) is 23.5 Å². The molecule has 9 heteroatoms. The number of hydrogen-bond donors (Lipinski definition) is 2. The van der Waals surface area contributed by atoms with E-state index in [1.54, 1.807) is 12.1 Å². The lowest BCUT2D eigenvalue weighted by Crippen LogP contribution is -2.32. The van der Waals surface area contributed by atoms with Crippen molar-refractivity contribution in [3.05, 3.63) is 28.0 Å². The number of carbonyl (C=O) groups is 1. The maximum absolute atomic E-state index is 11.5. The zero-order valence-electron chi connectivity index (χ0n) is 10.6. The molecule has 0 aromatic carbocycles. The summed E-state index contributed by atoms with van der Waals surface area (Å²) in [6.07, 6.45) is 1.19. The Hall–Kier alpha value is -0.300. The molecule has 4 N–H and O–H groups in total. The third kappa shape index (κ3) is 8.09. The van der Waals surface area contributed by atoms with Gasteiger partial charge in [0, 0.05) is 0 Å². The minimum Gasteiger partial charge on any atom is -0.460 e. The summed E-state index contributed by atoms with van der Waals surface area (Å²) in [7, 11) is 0. The fourth-order valence-corrected chi connectivity index (χ4v) is 1.82. The van der Waals surface area contributed by atoms with Crippen LogP contribution in [0.4, 0.5) is 0 Å². The molecule has 0 aliphatic rings. The monoisotopic (exact) mass is 363 g/mol. The van der Waals surface area contributed by atoms with Crippen molar-refractivity contribution < 1.29 is 9.53 Å². The predicted octanol–water partition coefficient (Wildman–Crippen LogP) is 2.34. The average Bonchev–Trinajstić information content (AvgIpc) is 2.31. The van der Waals surface area contributed by atoms with Crippen LogP contribution in [0.15, 0.2) is 12.1 Å². The van der Waals surface area contributed by atoms with Crippen LogP contribution in [0, 0.1) is 0 Å². The second kappa shape index (κ2) is 11.4. The predicted molar refractivity (Wildman–Crippen MR) is 84.8 cm³/mol. The van der Waals surface area contributed by atoms with Gasteiger partial charge in [0.05, 0.1) is 0 Å². The summed E-state index contributed by atoms with van der Waals surface area (Å²) in [5.41, 5.74) is 11.6. The molecule has 0 radical (unpaired) electrons. The van der Waals surface area contributed by atoms with Crippen molar-refractivity contribution in [2.45, 2.75) is 25.5 Å². The second-order valence-electron chi connectivity index (χ2n) is 3.77. The Morgan fingerprint density at radius 3 is 2.35 bits per heavy atom. The molecular formula is C11H17Cl4N3O2. The summed E-state index contributed by atoms with van der Waals surface area (Å²) in [6, 6.07) is 2.50. The van der Waals surface area contributed by atoms with Crippen molar-refractivity contribution in [2.24, 2.45) is 11.5 Å². The maximum atomic E-state index is 11.5. The molecule has 0 amide bonds. The van der Waals surface area contributed by atoms with Gasteiger partial charge in [-0.25, -0.2) is 4.98 Å².